The number of nitrogens with zero attached hydrogens (tertiary/aromatic N) is 6. The molecule has 5 rings (SSSR count). The number of aromatic nitrogens is 4. The van der Waals surface area contributed by atoms with E-state index in [1.54, 1.807) is 6.20 Å². The summed E-state index contributed by atoms with van der Waals surface area (Å²) in [5.74, 6) is 0.612. The maximum absolute atomic E-state index is 12.6. The van der Waals surface area contributed by atoms with Crippen molar-refractivity contribution in [3.05, 3.63) is 23.5 Å². The molecular weight excluding hydrogens is 350 g/mol. The Morgan fingerprint density at radius 1 is 1.46 bits per heavy atom. The molecule has 0 spiro atoms. The third kappa shape index (κ3) is 3.79. The molecule has 3 saturated heterocycles. The highest BCUT2D eigenvalue weighted by Crippen LogP contribution is 2.37. The number of rotatable bonds is 6. The van der Waals surface area contributed by atoms with Crippen molar-refractivity contribution in [2.45, 2.75) is 32.0 Å². The highest BCUT2D eigenvalue weighted by Gasteiger charge is 2.43. The number of thiazole rings is 1. The van der Waals surface area contributed by atoms with Crippen LogP contribution < -0.4 is 5.32 Å². The lowest BCUT2D eigenvalue weighted by atomic mass is 9.75. The molecule has 0 saturated carbocycles. The van der Waals surface area contributed by atoms with Gasteiger partial charge in [-0.2, -0.15) is 0 Å². The predicted molar refractivity (Wildman–Crippen MR) is 99.7 cm³/mol. The highest BCUT2D eigenvalue weighted by molar-refractivity contribution is 7.13. The van der Waals surface area contributed by atoms with Crippen LogP contribution in [0.3, 0.4) is 0 Å². The SMILES string of the molecule is CN(C)Cc1cn(CC2CC3CCN2CC3C(=O)Nc2nccs2)nn1. The van der Waals surface area contributed by atoms with Gasteiger partial charge in [0.05, 0.1) is 18.2 Å². The smallest absolute Gasteiger partial charge is 0.230 e. The van der Waals surface area contributed by atoms with Gasteiger partial charge in [-0.3, -0.25) is 14.4 Å². The molecule has 3 aliphatic rings. The number of fused-ring (bicyclic) bond motifs is 3. The number of carbonyl (C=O) groups is 1. The van der Waals surface area contributed by atoms with Crippen molar-refractivity contribution in [2.24, 2.45) is 11.8 Å². The van der Waals surface area contributed by atoms with Crippen LogP contribution >= 0.6 is 11.3 Å². The van der Waals surface area contributed by atoms with Crippen LogP contribution in [0.5, 0.6) is 0 Å². The Balaban J connectivity index is 1.36. The summed E-state index contributed by atoms with van der Waals surface area (Å²) < 4.78 is 1.95. The molecule has 8 nitrogen and oxygen atoms in total. The molecule has 1 N–H and O–H groups in total. The van der Waals surface area contributed by atoms with E-state index in [0.29, 0.717) is 17.1 Å². The number of piperidine rings is 3. The molecule has 0 radical (unpaired) electrons. The third-order valence-electron chi connectivity index (χ3n) is 5.34. The highest BCUT2D eigenvalue weighted by atomic mass is 32.1. The fourth-order valence-corrected chi connectivity index (χ4v) is 4.68. The maximum atomic E-state index is 12.6. The number of amides is 1. The van der Waals surface area contributed by atoms with Gasteiger partial charge in [-0.25, -0.2) is 4.98 Å². The number of nitrogens with one attached hydrogen (secondary N) is 1. The second-order valence-corrected chi connectivity index (χ2v) is 8.43. The lowest BCUT2D eigenvalue weighted by molar-refractivity contribution is -0.127. The van der Waals surface area contributed by atoms with E-state index < -0.39 is 0 Å². The zero-order valence-electron chi connectivity index (χ0n) is 15.2. The van der Waals surface area contributed by atoms with Crippen LogP contribution in [-0.2, 0) is 17.9 Å². The fourth-order valence-electron chi connectivity index (χ4n) is 4.15. The van der Waals surface area contributed by atoms with Gasteiger partial charge in [0.2, 0.25) is 5.91 Å². The minimum absolute atomic E-state index is 0.0592. The summed E-state index contributed by atoms with van der Waals surface area (Å²) in [4.78, 5) is 21.3. The Labute approximate surface area is 157 Å². The van der Waals surface area contributed by atoms with E-state index in [4.69, 9.17) is 0 Å². The maximum Gasteiger partial charge on any atom is 0.230 e. The van der Waals surface area contributed by atoms with E-state index in [0.717, 1.165) is 44.7 Å². The minimum atomic E-state index is 0.0592. The molecule has 0 aromatic carbocycles. The summed E-state index contributed by atoms with van der Waals surface area (Å²) in [7, 11) is 4.06. The Morgan fingerprint density at radius 3 is 3.04 bits per heavy atom. The van der Waals surface area contributed by atoms with E-state index in [9.17, 15) is 4.79 Å². The molecule has 4 unspecified atom stereocenters. The first-order valence-electron chi connectivity index (χ1n) is 9.06. The molecule has 1 amide bonds. The van der Waals surface area contributed by atoms with Gasteiger partial charge in [-0.1, -0.05) is 5.21 Å². The molecule has 0 aliphatic carbocycles. The molecule has 140 valence electrons. The molecule has 26 heavy (non-hydrogen) atoms. The summed E-state index contributed by atoms with van der Waals surface area (Å²) in [5.41, 5.74) is 0.992. The average molecular weight is 376 g/mol. The van der Waals surface area contributed by atoms with Crippen molar-refractivity contribution < 1.29 is 4.79 Å². The number of anilines is 1. The van der Waals surface area contributed by atoms with Crippen molar-refractivity contribution in [1.82, 2.24) is 29.8 Å². The molecule has 2 bridgehead atoms. The summed E-state index contributed by atoms with van der Waals surface area (Å²) in [6.45, 7) is 3.54. The summed E-state index contributed by atoms with van der Waals surface area (Å²) in [6, 6.07) is 0.437. The number of hydrogen-bond donors (Lipinski definition) is 1. The Kier molecular flexibility index (Phi) is 5.01. The first-order valence-corrected chi connectivity index (χ1v) is 9.94. The fraction of sp³-hybridized carbons (Fsp3) is 0.647. The first kappa shape index (κ1) is 17.6. The molecule has 3 aliphatic heterocycles. The monoisotopic (exact) mass is 375 g/mol. The standard InChI is InChI=1S/C17H25N7OS/c1-22(2)8-13-9-24(21-20-13)10-14-7-12-3-5-23(14)11-15(12)16(25)19-17-18-4-6-26-17/h4,6,9,12,14-15H,3,5,7-8,10-11H2,1-2H3,(H,18,19,25). The Morgan fingerprint density at radius 2 is 2.35 bits per heavy atom. The zero-order valence-corrected chi connectivity index (χ0v) is 16.0. The summed E-state index contributed by atoms with van der Waals surface area (Å²) in [5, 5.41) is 14.1. The van der Waals surface area contributed by atoms with E-state index in [1.165, 1.54) is 11.3 Å². The van der Waals surface area contributed by atoms with E-state index in [-0.39, 0.29) is 11.8 Å². The van der Waals surface area contributed by atoms with Crippen LogP contribution in [0, 0.1) is 11.8 Å². The van der Waals surface area contributed by atoms with Crippen molar-refractivity contribution in [3.63, 3.8) is 0 Å². The zero-order chi connectivity index (χ0) is 18.1. The third-order valence-corrected chi connectivity index (χ3v) is 6.03. The van der Waals surface area contributed by atoms with Crippen molar-refractivity contribution in [2.75, 3.05) is 32.5 Å². The van der Waals surface area contributed by atoms with Gasteiger partial charge in [0.1, 0.15) is 0 Å². The van der Waals surface area contributed by atoms with E-state index in [1.807, 2.05) is 30.4 Å². The van der Waals surface area contributed by atoms with Crippen molar-refractivity contribution in [3.8, 4) is 0 Å². The van der Waals surface area contributed by atoms with Crippen molar-refractivity contribution >= 4 is 22.4 Å². The second kappa shape index (κ2) is 7.42. The van der Waals surface area contributed by atoms with Gasteiger partial charge in [0.25, 0.3) is 0 Å². The normalized spacial score (nSPS) is 27.8. The van der Waals surface area contributed by atoms with E-state index in [2.05, 4.69) is 30.4 Å². The van der Waals surface area contributed by atoms with Crippen LogP contribution in [0.1, 0.15) is 18.5 Å². The van der Waals surface area contributed by atoms with Crippen LogP contribution in [-0.4, -0.2) is 68.9 Å². The van der Waals surface area contributed by atoms with Crippen LogP contribution in [0.15, 0.2) is 17.8 Å². The Bertz CT molecular complexity index is 744. The second-order valence-electron chi connectivity index (χ2n) is 7.54. The molecule has 9 heteroatoms. The lowest BCUT2D eigenvalue weighted by Crippen LogP contribution is -2.57. The van der Waals surface area contributed by atoms with Crippen molar-refractivity contribution in [1.29, 1.82) is 0 Å². The van der Waals surface area contributed by atoms with Crippen LogP contribution in [0.4, 0.5) is 5.13 Å². The lowest BCUT2D eigenvalue weighted by Gasteiger charge is -2.49. The van der Waals surface area contributed by atoms with Gasteiger partial charge in [-0.05, 0) is 39.4 Å². The minimum Gasteiger partial charge on any atom is -0.303 e. The van der Waals surface area contributed by atoms with Gasteiger partial charge < -0.3 is 10.2 Å². The molecule has 5 heterocycles. The Hall–Kier alpha value is -1.84. The van der Waals surface area contributed by atoms with Crippen LogP contribution in [0.25, 0.3) is 0 Å². The molecule has 4 atom stereocenters. The predicted octanol–water partition coefficient (Wildman–Crippen LogP) is 1.15. The quantitative estimate of drug-likeness (QED) is 0.816. The first-order chi connectivity index (χ1) is 12.6. The summed E-state index contributed by atoms with van der Waals surface area (Å²) in [6.07, 6.45) is 5.89. The van der Waals surface area contributed by atoms with Gasteiger partial charge in [0, 0.05) is 36.9 Å². The molecule has 2 aromatic rings. The number of hydrogen-bond acceptors (Lipinski definition) is 7. The summed E-state index contributed by atoms with van der Waals surface area (Å²) >= 11 is 1.47. The average Bonchev–Trinajstić information content (AvgIpc) is 3.27. The largest absolute Gasteiger partial charge is 0.303 e. The molecule has 2 aromatic heterocycles. The van der Waals surface area contributed by atoms with E-state index >= 15 is 0 Å². The van der Waals surface area contributed by atoms with Gasteiger partial charge in [-0.15, -0.1) is 16.4 Å². The molecule has 3 fully saturated rings. The number of carbonyl (C=O) groups excluding carboxylic acids is 1. The van der Waals surface area contributed by atoms with Gasteiger partial charge >= 0.3 is 0 Å². The van der Waals surface area contributed by atoms with Gasteiger partial charge in [0.15, 0.2) is 5.13 Å². The van der Waals surface area contributed by atoms with Crippen LogP contribution in [0.2, 0.25) is 0 Å². The topological polar surface area (TPSA) is 79.2 Å². The molecular formula is C17H25N7OS.